The summed E-state index contributed by atoms with van der Waals surface area (Å²) in [5.41, 5.74) is 1.18. The van der Waals surface area contributed by atoms with E-state index in [-0.39, 0.29) is 6.61 Å². The van der Waals surface area contributed by atoms with Gasteiger partial charge in [0, 0.05) is 13.1 Å². The molecule has 0 fully saturated rings. The predicted molar refractivity (Wildman–Crippen MR) is 68.3 cm³/mol. The Hall–Kier alpha value is -0.630. The van der Waals surface area contributed by atoms with Crippen LogP contribution >= 0.6 is 7.14 Å². The molecule has 4 heteroatoms. The van der Waals surface area contributed by atoms with Crippen molar-refractivity contribution in [3.05, 3.63) is 35.9 Å². The van der Waals surface area contributed by atoms with Gasteiger partial charge in [-0.1, -0.05) is 30.3 Å². The van der Waals surface area contributed by atoms with E-state index >= 15 is 0 Å². The van der Waals surface area contributed by atoms with Crippen molar-refractivity contribution in [3.8, 4) is 0 Å². The Kier molecular flexibility index (Phi) is 5.20. The van der Waals surface area contributed by atoms with E-state index in [1.165, 1.54) is 5.56 Å². The van der Waals surface area contributed by atoms with Gasteiger partial charge in [-0.3, -0.25) is 4.90 Å². The Morgan fingerprint density at radius 1 is 1.25 bits per heavy atom. The van der Waals surface area contributed by atoms with Gasteiger partial charge in [-0.05, 0) is 18.9 Å². The summed E-state index contributed by atoms with van der Waals surface area (Å²) in [6.45, 7) is 4.98. The molecule has 0 unspecified atom stereocenters. The molecule has 0 radical (unpaired) electrons. The van der Waals surface area contributed by atoms with Gasteiger partial charge in [-0.15, -0.1) is 0 Å². The molecular weight excluding hydrogens is 221 g/mol. The highest BCUT2D eigenvalue weighted by atomic mass is 31.2. The minimum absolute atomic E-state index is 0.104. The first kappa shape index (κ1) is 13.4. The van der Waals surface area contributed by atoms with Crippen molar-refractivity contribution in [1.82, 2.24) is 4.90 Å². The summed E-state index contributed by atoms with van der Waals surface area (Å²) >= 11 is 0. The van der Waals surface area contributed by atoms with Crippen molar-refractivity contribution in [2.24, 2.45) is 0 Å². The maximum absolute atomic E-state index is 11.8. The van der Waals surface area contributed by atoms with E-state index in [4.69, 9.17) is 5.11 Å². The molecule has 1 aromatic carbocycles. The molecule has 0 spiro atoms. The topological polar surface area (TPSA) is 40.5 Å². The third-order valence-electron chi connectivity index (χ3n) is 2.21. The van der Waals surface area contributed by atoms with Crippen LogP contribution in [-0.2, 0) is 11.1 Å². The molecule has 0 saturated heterocycles. The largest absolute Gasteiger partial charge is 0.395 e. The molecule has 0 aliphatic heterocycles. The summed E-state index contributed by atoms with van der Waals surface area (Å²) < 4.78 is 11.8. The van der Waals surface area contributed by atoms with Crippen LogP contribution in [0.4, 0.5) is 0 Å². The number of aliphatic hydroxyl groups excluding tert-OH is 1. The average Bonchev–Trinajstić information content (AvgIpc) is 2.17. The molecule has 1 aromatic rings. The number of hydrogen-bond donors (Lipinski definition) is 1. The number of aliphatic hydroxyl groups is 1. The van der Waals surface area contributed by atoms with Gasteiger partial charge >= 0.3 is 0 Å². The number of benzene rings is 1. The minimum atomic E-state index is -2.07. The fourth-order valence-electron chi connectivity index (χ4n) is 1.66. The van der Waals surface area contributed by atoms with Gasteiger partial charge in [0.25, 0.3) is 0 Å². The lowest BCUT2D eigenvalue weighted by molar-refractivity contribution is 0.209. The Labute approximate surface area is 97.5 Å². The first-order chi connectivity index (χ1) is 7.51. The van der Waals surface area contributed by atoms with Crippen molar-refractivity contribution in [2.45, 2.75) is 6.54 Å². The Morgan fingerprint density at radius 2 is 1.88 bits per heavy atom. The quantitative estimate of drug-likeness (QED) is 0.775. The first-order valence-corrected chi connectivity index (χ1v) is 8.21. The second kappa shape index (κ2) is 6.19. The molecule has 90 valence electrons. The standard InChI is InChI=1S/C12H20NO2P/c1-16(2,15)11-13(8-9-14)10-12-6-4-3-5-7-12/h3-7,14H,8-11H2,1-2H3. The number of hydrogen-bond acceptors (Lipinski definition) is 3. The van der Waals surface area contributed by atoms with Crippen LogP contribution in [0.1, 0.15) is 5.56 Å². The van der Waals surface area contributed by atoms with E-state index in [1.54, 1.807) is 13.3 Å². The van der Waals surface area contributed by atoms with Crippen LogP contribution in [0.25, 0.3) is 0 Å². The summed E-state index contributed by atoms with van der Waals surface area (Å²) in [7, 11) is -2.07. The zero-order valence-corrected chi connectivity index (χ0v) is 10.9. The second-order valence-corrected chi connectivity index (χ2v) is 7.91. The molecule has 0 heterocycles. The number of nitrogens with zero attached hydrogens (tertiary/aromatic N) is 1. The predicted octanol–water partition coefficient (Wildman–Crippen LogP) is 2.06. The summed E-state index contributed by atoms with van der Waals surface area (Å²) in [5, 5.41) is 8.98. The van der Waals surface area contributed by atoms with Crippen molar-refractivity contribution in [1.29, 1.82) is 0 Å². The number of rotatable bonds is 6. The van der Waals surface area contributed by atoms with Crippen LogP contribution in [0.15, 0.2) is 30.3 Å². The molecule has 0 aliphatic carbocycles. The van der Waals surface area contributed by atoms with Crippen molar-refractivity contribution < 1.29 is 9.67 Å². The first-order valence-electron chi connectivity index (χ1n) is 5.42. The highest BCUT2D eigenvalue weighted by Gasteiger charge is 2.14. The molecule has 0 aromatic heterocycles. The van der Waals surface area contributed by atoms with Crippen LogP contribution < -0.4 is 0 Å². The van der Waals surface area contributed by atoms with E-state index in [0.29, 0.717) is 12.8 Å². The fourth-order valence-corrected chi connectivity index (χ4v) is 2.87. The summed E-state index contributed by atoms with van der Waals surface area (Å²) in [6.07, 6.45) is 0.558. The van der Waals surface area contributed by atoms with Gasteiger partial charge in [0.15, 0.2) is 0 Å². The van der Waals surface area contributed by atoms with Gasteiger partial charge in [0.05, 0.1) is 20.0 Å². The van der Waals surface area contributed by atoms with Gasteiger partial charge in [0.2, 0.25) is 0 Å². The van der Waals surface area contributed by atoms with Gasteiger partial charge < -0.3 is 9.67 Å². The molecule has 0 saturated carbocycles. The van der Waals surface area contributed by atoms with Crippen LogP contribution in [0.3, 0.4) is 0 Å². The van der Waals surface area contributed by atoms with E-state index in [2.05, 4.69) is 0 Å². The maximum Gasteiger partial charge on any atom is 0.0951 e. The molecular formula is C12H20NO2P. The average molecular weight is 241 g/mol. The maximum atomic E-state index is 11.8. The van der Waals surface area contributed by atoms with E-state index < -0.39 is 7.14 Å². The molecule has 0 atom stereocenters. The molecule has 0 bridgehead atoms. The molecule has 16 heavy (non-hydrogen) atoms. The zero-order valence-electron chi connectivity index (χ0n) is 9.97. The fraction of sp³-hybridized carbons (Fsp3) is 0.500. The smallest absolute Gasteiger partial charge is 0.0951 e. The van der Waals surface area contributed by atoms with Crippen LogP contribution in [0, 0.1) is 0 Å². The Morgan fingerprint density at radius 3 is 2.38 bits per heavy atom. The van der Waals surface area contributed by atoms with Crippen LogP contribution in [0.2, 0.25) is 0 Å². The van der Waals surface area contributed by atoms with Gasteiger partial charge in [0.1, 0.15) is 0 Å². The van der Waals surface area contributed by atoms with Crippen LogP contribution in [0.5, 0.6) is 0 Å². The lowest BCUT2D eigenvalue weighted by Gasteiger charge is -2.23. The van der Waals surface area contributed by atoms with Crippen molar-refractivity contribution >= 4 is 7.14 Å². The summed E-state index contributed by atoms with van der Waals surface area (Å²) in [4.78, 5) is 2.04. The molecule has 0 amide bonds. The van der Waals surface area contributed by atoms with E-state index in [0.717, 1.165) is 6.54 Å². The van der Waals surface area contributed by atoms with Crippen LogP contribution in [-0.4, -0.2) is 42.8 Å². The highest BCUT2D eigenvalue weighted by Crippen LogP contribution is 2.36. The lowest BCUT2D eigenvalue weighted by atomic mass is 10.2. The highest BCUT2D eigenvalue weighted by molar-refractivity contribution is 7.62. The van der Waals surface area contributed by atoms with E-state index in [9.17, 15) is 4.57 Å². The third-order valence-corrected chi connectivity index (χ3v) is 3.29. The summed E-state index contributed by atoms with van der Waals surface area (Å²) in [6, 6.07) is 10.0. The normalized spacial score (nSPS) is 12.0. The summed E-state index contributed by atoms with van der Waals surface area (Å²) in [5.74, 6) is 0. The lowest BCUT2D eigenvalue weighted by Crippen LogP contribution is -2.27. The Bertz CT molecular complexity index is 347. The minimum Gasteiger partial charge on any atom is -0.395 e. The molecule has 0 aliphatic rings. The molecule has 1 N–H and O–H groups in total. The molecule has 3 nitrogen and oxygen atoms in total. The second-order valence-electron chi connectivity index (χ2n) is 4.48. The van der Waals surface area contributed by atoms with Crippen molar-refractivity contribution in [2.75, 3.05) is 32.8 Å². The van der Waals surface area contributed by atoms with Gasteiger partial charge in [-0.25, -0.2) is 0 Å². The molecule has 1 rings (SSSR count). The van der Waals surface area contributed by atoms with E-state index in [1.807, 2.05) is 35.2 Å². The Balaban J connectivity index is 2.61. The zero-order chi connectivity index (χ0) is 12.0. The monoisotopic (exact) mass is 241 g/mol. The van der Waals surface area contributed by atoms with Gasteiger partial charge in [-0.2, -0.15) is 0 Å². The third kappa shape index (κ3) is 5.45. The SMILES string of the molecule is CP(C)(=O)CN(CCO)Cc1ccccc1. The van der Waals surface area contributed by atoms with Crippen molar-refractivity contribution in [3.63, 3.8) is 0 Å².